The fourth-order valence-electron chi connectivity index (χ4n) is 4.36. The van der Waals surface area contributed by atoms with E-state index in [9.17, 15) is 14.0 Å². The highest BCUT2D eigenvalue weighted by atomic mass is 35.5. The molecule has 0 aliphatic carbocycles. The van der Waals surface area contributed by atoms with E-state index in [-0.39, 0.29) is 41.1 Å². The van der Waals surface area contributed by atoms with E-state index in [1.807, 2.05) is 12.1 Å². The van der Waals surface area contributed by atoms with E-state index in [4.69, 9.17) is 32.7 Å². The minimum atomic E-state index is -0.680. The Hall–Kier alpha value is -3.79. The second-order valence-corrected chi connectivity index (χ2v) is 10.1. The molecule has 206 valence electrons. The van der Waals surface area contributed by atoms with Gasteiger partial charge >= 0.3 is 0 Å². The van der Waals surface area contributed by atoms with Crippen LogP contribution in [0.2, 0.25) is 10.2 Å². The van der Waals surface area contributed by atoms with Gasteiger partial charge in [-0.15, -0.1) is 0 Å². The predicted molar refractivity (Wildman–Crippen MR) is 150 cm³/mol. The fraction of sp³-hybridized carbons (Fsp3) is 0.241. The van der Waals surface area contributed by atoms with Gasteiger partial charge in [0.1, 0.15) is 17.3 Å². The zero-order valence-corrected chi connectivity index (χ0v) is 22.8. The summed E-state index contributed by atoms with van der Waals surface area (Å²) in [6.07, 6.45) is 4.12. The highest BCUT2D eigenvalue weighted by Gasteiger charge is 2.23. The molecular formula is C29H25Cl2FN4O4. The maximum absolute atomic E-state index is 13.7. The first-order valence-corrected chi connectivity index (χ1v) is 13.4. The van der Waals surface area contributed by atoms with Crippen molar-refractivity contribution < 1.29 is 18.7 Å². The number of Topliss-reactive ketones (excluding diaryl/α,β-unsaturated/α-hetero) is 1. The Morgan fingerprint density at radius 2 is 1.75 bits per heavy atom. The van der Waals surface area contributed by atoms with Crippen LogP contribution in [0.15, 0.2) is 71.8 Å². The van der Waals surface area contributed by atoms with Crippen LogP contribution < -0.4 is 15.6 Å². The number of carbonyl (C=O) groups excluding carboxylic acids is 1. The summed E-state index contributed by atoms with van der Waals surface area (Å²) < 4.78 is 26.2. The average molecular weight is 583 g/mol. The van der Waals surface area contributed by atoms with Crippen molar-refractivity contribution >= 4 is 40.6 Å². The van der Waals surface area contributed by atoms with Crippen LogP contribution in [-0.4, -0.2) is 33.5 Å². The molecule has 0 atom stereocenters. The molecule has 1 fully saturated rings. The Balaban J connectivity index is 1.38. The van der Waals surface area contributed by atoms with E-state index < -0.39 is 5.82 Å². The SMILES string of the molecule is O=C(Cc1cnc(Nc2ccc(Oc3cnc(Cl)c(F)c3)cc2)n(Cc2ccc(Cl)cc2)c1=O)C1CCOCC1. The van der Waals surface area contributed by atoms with E-state index >= 15 is 0 Å². The van der Waals surface area contributed by atoms with Crippen molar-refractivity contribution in [3.05, 3.63) is 104 Å². The van der Waals surface area contributed by atoms with Crippen molar-refractivity contribution in [1.29, 1.82) is 0 Å². The largest absolute Gasteiger partial charge is 0.456 e. The maximum Gasteiger partial charge on any atom is 0.258 e. The molecule has 0 saturated carbocycles. The third kappa shape index (κ3) is 6.85. The van der Waals surface area contributed by atoms with Gasteiger partial charge in [-0.3, -0.25) is 14.2 Å². The highest BCUT2D eigenvalue weighted by molar-refractivity contribution is 6.30. The van der Waals surface area contributed by atoms with Crippen LogP contribution >= 0.6 is 23.2 Å². The van der Waals surface area contributed by atoms with Crippen molar-refractivity contribution in [3.8, 4) is 11.5 Å². The number of hydrogen-bond acceptors (Lipinski definition) is 7. The van der Waals surface area contributed by atoms with Gasteiger partial charge in [0.25, 0.3) is 5.56 Å². The van der Waals surface area contributed by atoms with Crippen LogP contribution in [0.1, 0.15) is 24.0 Å². The molecule has 0 bridgehead atoms. The molecule has 1 N–H and O–H groups in total. The molecule has 11 heteroatoms. The van der Waals surface area contributed by atoms with Gasteiger partial charge in [0.05, 0.1) is 12.7 Å². The first-order chi connectivity index (χ1) is 19.4. The van der Waals surface area contributed by atoms with Crippen LogP contribution in [0.25, 0.3) is 0 Å². The highest BCUT2D eigenvalue weighted by Crippen LogP contribution is 2.26. The lowest BCUT2D eigenvalue weighted by molar-refractivity contribution is -0.125. The summed E-state index contributed by atoms with van der Waals surface area (Å²) >= 11 is 11.7. The smallest absolute Gasteiger partial charge is 0.258 e. The average Bonchev–Trinajstić information content (AvgIpc) is 2.96. The van der Waals surface area contributed by atoms with Crippen LogP contribution in [-0.2, 0) is 22.5 Å². The summed E-state index contributed by atoms with van der Waals surface area (Å²) in [6, 6.07) is 15.1. The number of benzene rings is 2. The molecule has 3 heterocycles. The number of rotatable bonds is 9. The Labute approximate surface area is 239 Å². The van der Waals surface area contributed by atoms with Gasteiger partial charge in [-0.05, 0) is 54.8 Å². The van der Waals surface area contributed by atoms with Gasteiger partial charge < -0.3 is 14.8 Å². The van der Waals surface area contributed by atoms with Crippen LogP contribution in [0.3, 0.4) is 0 Å². The first-order valence-electron chi connectivity index (χ1n) is 12.7. The molecule has 2 aromatic heterocycles. The minimum Gasteiger partial charge on any atom is -0.456 e. The Morgan fingerprint density at radius 3 is 2.45 bits per heavy atom. The molecule has 8 nitrogen and oxygen atoms in total. The summed E-state index contributed by atoms with van der Waals surface area (Å²) in [5.74, 6) is 0.179. The molecule has 1 saturated heterocycles. The lowest BCUT2D eigenvalue weighted by Crippen LogP contribution is -2.31. The number of aromatic nitrogens is 3. The number of ether oxygens (including phenoxy) is 2. The number of nitrogens with one attached hydrogen (secondary N) is 1. The number of pyridine rings is 1. The molecule has 5 rings (SSSR count). The normalized spacial score (nSPS) is 13.7. The van der Waals surface area contributed by atoms with Crippen molar-refractivity contribution in [2.45, 2.75) is 25.8 Å². The van der Waals surface area contributed by atoms with Gasteiger partial charge in [0.15, 0.2) is 11.0 Å². The van der Waals surface area contributed by atoms with E-state index in [1.54, 1.807) is 36.4 Å². The standard InChI is InChI=1S/C29H25Cl2FN4O4/c30-21-3-1-18(2-4-21)17-36-28(38)20(13-26(37)19-9-11-39-12-10-19)15-34-29(36)35-22-5-7-23(8-6-22)40-24-14-25(32)27(31)33-16-24/h1-8,14-16,19H,9-13,17H2,(H,34,35). The van der Waals surface area contributed by atoms with E-state index in [2.05, 4.69) is 15.3 Å². The van der Waals surface area contributed by atoms with Gasteiger partial charge in [-0.25, -0.2) is 14.4 Å². The summed E-state index contributed by atoms with van der Waals surface area (Å²) in [6.45, 7) is 1.33. The van der Waals surface area contributed by atoms with E-state index in [0.29, 0.717) is 54.0 Å². The second kappa shape index (κ2) is 12.6. The van der Waals surface area contributed by atoms with Crippen LogP contribution in [0, 0.1) is 11.7 Å². The summed E-state index contributed by atoms with van der Waals surface area (Å²) in [5.41, 5.74) is 1.51. The number of hydrogen-bond donors (Lipinski definition) is 1. The quantitative estimate of drug-likeness (QED) is 0.234. The molecule has 4 aromatic rings. The van der Waals surface area contributed by atoms with Crippen LogP contribution in [0.4, 0.5) is 16.0 Å². The molecule has 0 spiro atoms. The Morgan fingerprint density at radius 1 is 1.02 bits per heavy atom. The van der Waals surface area contributed by atoms with Gasteiger partial charge in [0, 0.05) is 54.1 Å². The number of halogens is 3. The van der Waals surface area contributed by atoms with E-state index in [0.717, 1.165) is 11.6 Å². The predicted octanol–water partition coefficient (Wildman–Crippen LogP) is 6.21. The molecule has 0 amide bonds. The van der Waals surface area contributed by atoms with Crippen molar-refractivity contribution in [2.24, 2.45) is 5.92 Å². The topological polar surface area (TPSA) is 95.3 Å². The number of ketones is 1. The summed E-state index contributed by atoms with van der Waals surface area (Å²) in [5, 5.41) is 3.53. The number of nitrogens with zero attached hydrogens (tertiary/aromatic N) is 3. The van der Waals surface area contributed by atoms with Crippen molar-refractivity contribution in [1.82, 2.24) is 14.5 Å². The molecule has 1 aliphatic rings. The minimum absolute atomic E-state index is 0.0174. The zero-order chi connectivity index (χ0) is 28.1. The van der Waals surface area contributed by atoms with Gasteiger partial charge in [-0.1, -0.05) is 35.3 Å². The van der Waals surface area contributed by atoms with Gasteiger partial charge in [-0.2, -0.15) is 0 Å². The van der Waals surface area contributed by atoms with Crippen molar-refractivity contribution in [2.75, 3.05) is 18.5 Å². The lowest BCUT2D eigenvalue weighted by atomic mass is 9.92. The van der Waals surface area contributed by atoms with Crippen LogP contribution in [0.5, 0.6) is 11.5 Å². The summed E-state index contributed by atoms with van der Waals surface area (Å²) in [4.78, 5) is 34.7. The monoisotopic (exact) mass is 582 g/mol. The molecule has 1 aliphatic heterocycles. The zero-order valence-electron chi connectivity index (χ0n) is 21.3. The molecular weight excluding hydrogens is 558 g/mol. The summed E-state index contributed by atoms with van der Waals surface area (Å²) in [7, 11) is 0. The third-order valence-corrected chi connectivity index (χ3v) is 7.06. The number of carbonyl (C=O) groups is 1. The van der Waals surface area contributed by atoms with Crippen molar-refractivity contribution in [3.63, 3.8) is 0 Å². The third-order valence-electron chi connectivity index (χ3n) is 6.53. The Kier molecular flexibility index (Phi) is 8.74. The Bertz CT molecular complexity index is 1560. The second-order valence-electron chi connectivity index (χ2n) is 9.35. The lowest BCUT2D eigenvalue weighted by Gasteiger charge is -2.21. The fourth-order valence-corrected chi connectivity index (χ4v) is 4.59. The first kappa shape index (κ1) is 27.8. The van der Waals surface area contributed by atoms with E-state index in [1.165, 1.54) is 17.0 Å². The molecule has 2 aromatic carbocycles. The maximum atomic E-state index is 13.7. The van der Waals surface area contributed by atoms with Gasteiger partial charge in [0.2, 0.25) is 5.95 Å². The molecule has 40 heavy (non-hydrogen) atoms. The number of anilines is 2. The molecule has 0 radical (unpaired) electrons. The molecule has 0 unspecified atom stereocenters.